The Kier molecular flexibility index (Phi) is 4.24. The van der Waals surface area contributed by atoms with Crippen LogP contribution in [0.5, 0.6) is 0 Å². The fourth-order valence-corrected chi connectivity index (χ4v) is 2.99. The Hall–Kier alpha value is -2.47. The molecule has 0 spiro atoms. The third-order valence-electron chi connectivity index (χ3n) is 4.38. The Morgan fingerprint density at radius 2 is 1.92 bits per heavy atom. The fraction of sp³-hybridized carbons (Fsp3) is 0.389. The molecule has 3 aromatic heterocycles. The van der Waals surface area contributed by atoms with Crippen molar-refractivity contribution < 1.29 is 0 Å². The van der Waals surface area contributed by atoms with Crippen molar-refractivity contribution in [3.05, 3.63) is 63.0 Å². The molecule has 0 radical (unpaired) electrons. The molecule has 3 aromatic rings. The minimum absolute atomic E-state index is 0.0409. The summed E-state index contributed by atoms with van der Waals surface area (Å²) >= 11 is 0. The topological polar surface area (TPSA) is 55.4 Å². The summed E-state index contributed by atoms with van der Waals surface area (Å²) in [6.07, 6.45) is 1.82. The Balaban J connectivity index is 1.84. The highest BCUT2D eigenvalue weighted by atomic mass is 16.1. The quantitative estimate of drug-likeness (QED) is 0.736. The van der Waals surface area contributed by atoms with Crippen LogP contribution in [0, 0.1) is 20.8 Å². The van der Waals surface area contributed by atoms with Gasteiger partial charge in [0, 0.05) is 43.7 Å². The van der Waals surface area contributed by atoms with Gasteiger partial charge in [0.15, 0.2) is 0 Å². The predicted molar refractivity (Wildman–Crippen MR) is 94.1 cm³/mol. The molecule has 3 heterocycles. The molecular weight excluding hydrogens is 302 g/mol. The highest BCUT2D eigenvalue weighted by Crippen LogP contribution is 2.15. The molecule has 0 aromatic carbocycles. The summed E-state index contributed by atoms with van der Waals surface area (Å²) in [6.45, 7) is 7.46. The summed E-state index contributed by atoms with van der Waals surface area (Å²) in [5.74, 6) is 0. The molecule has 6 heteroatoms. The van der Waals surface area contributed by atoms with Crippen LogP contribution in [-0.4, -0.2) is 31.1 Å². The number of rotatable bonds is 4. The van der Waals surface area contributed by atoms with E-state index in [0.717, 1.165) is 23.5 Å². The van der Waals surface area contributed by atoms with Crippen molar-refractivity contribution >= 4 is 5.65 Å². The number of fused-ring (bicyclic) bond motifs is 1. The number of nitrogens with zero attached hydrogens (tertiary/aromatic N) is 5. The minimum atomic E-state index is -0.0409. The number of hydrogen-bond acceptors (Lipinski definition) is 4. The normalized spacial score (nSPS) is 11.6. The van der Waals surface area contributed by atoms with Gasteiger partial charge in [0.25, 0.3) is 5.56 Å². The van der Waals surface area contributed by atoms with Crippen molar-refractivity contribution in [2.75, 3.05) is 7.05 Å². The van der Waals surface area contributed by atoms with Crippen LogP contribution in [0.4, 0.5) is 0 Å². The minimum Gasteiger partial charge on any atom is -0.296 e. The van der Waals surface area contributed by atoms with Gasteiger partial charge >= 0.3 is 0 Å². The maximum atomic E-state index is 12.3. The first-order valence-electron chi connectivity index (χ1n) is 8.01. The van der Waals surface area contributed by atoms with Crippen molar-refractivity contribution in [3.63, 3.8) is 0 Å². The maximum absolute atomic E-state index is 12.3. The van der Waals surface area contributed by atoms with Gasteiger partial charge in [-0.2, -0.15) is 5.10 Å². The highest BCUT2D eigenvalue weighted by Gasteiger charge is 2.13. The van der Waals surface area contributed by atoms with Gasteiger partial charge < -0.3 is 0 Å². The second-order valence-corrected chi connectivity index (χ2v) is 6.47. The van der Waals surface area contributed by atoms with Gasteiger partial charge in [-0.3, -0.25) is 18.8 Å². The van der Waals surface area contributed by atoms with Crippen LogP contribution in [0.3, 0.4) is 0 Å². The van der Waals surface area contributed by atoms with E-state index in [9.17, 15) is 4.79 Å². The van der Waals surface area contributed by atoms with Gasteiger partial charge in [-0.25, -0.2) is 4.98 Å². The van der Waals surface area contributed by atoms with E-state index in [4.69, 9.17) is 0 Å². The molecule has 24 heavy (non-hydrogen) atoms. The SMILES string of the molecule is Cc1ccc2nc(CN(C)Cc3c(C)nn(C)c3C)cc(=O)n2c1. The van der Waals surface area contributed by atoms with Gasteiger partial charge in [0.1, 0.15) is 5.65 Å². The number of hydrogen-bond donors (Lipinski definition) is 0. The molecule has 0 bridgehead atoms. The molecular formula is C18H23N5O. The third kappa shape index (κ3) is 3.10. The highest BCUT2D eigenvalue weighted by molar-refractivity contribution is 5.40. The summed E-state index contributed by atoms with van der Waals surface area (Å²) in [6, 6.07) is 5.47. The van der Waals surface area contributed by atoms with Crippen LogP contribution in [0.2, 0.25) is 0 Å². The molecule has 3 rings (SSSR count). The molecule has 0 atom stereocenters. The Labute approximate surface area is 141 Å². The van der Waals surface area contributed by atoms with Crippen LogP contribution in [0.15, 0.2) is 29.2 Å². The van der Waals surface area contributed by atoms with Crippen molar-refractivity contribution in [2.24, 2.45) is 7.05 Å². The largest absolute Gasteiger partial charge is 0.296 e. The van der Waals surface area contributed by atoms with E-state index in [1.807, 2.05) is 51.0 Å². The van der Waals surface area contributed by atoms with E-state index in [1.54, 1.807) is 10.5 Å². The molecule has 0 unspecified atom stereocenters. The first kappa shape index (κ1) is 16.4. The third-order valence-corrected chi connectivity index (χ3v) is 4.38. The molecule has 0 fully saturated rings. The van der Waals surface area contributed by atoms with Crippen molar-refractivity contribution in [2.45, 2.75) is 33.9 Å². The average Bonchev–Trinajstić information content (AvgIpc) is 2.74. The first-order valence-corrected chi connectivity index (χ1v) is 8.01. The zero-order chi connectivity index (χ0) is 17.4. The molecule has 0 saturated carbocycles. The molecule has 0 aliphatic heterocycles. The molecule has 126 valence electrons. The Morgan fingerprint density at radius 3 is 2.58 bits per heavy atom. The maximum Gasteiger partial charge on any atom is 0.258 e. The summed E-state index contributed by atoms with van der Waals surface area (Å²) in [5, 5.41) is 4.46. The zero-order valence-corrected chi connectivity index (χ0v) is 14.9. The summed E-state index contributed by atoms with van der Waals surface area (Å²) in [5.41, 5.74) is 5.91. The Morgan fingerprint density at radius 1 is 1.17 bits per heavy atom. The number of aryl methyl sites for hydroxylation is 3. The molecule has 0 aliphatic rings. The molecule has 0 aliphatic carbocycles. The summed E-state index contributed by atoms with van der Waals surface area (Å²) in [4.78, 5) is 19.1. The van der Waals surface area contributed by atoms with Gasteiger partial charge in [0.05, 0.1) is 11.4 Å². The monoisotopic (exact) mass is 325 g/mol. The fourth-order valence-electron chi connectivity index (χ4n) is 2.99. The van der Waals surface area contributed by atoms with E-state index in [0.29, 0.717) is 12.2 Å². The van der Waals surface area contributed by atoms with Gasteiger partial charge in [-0.15, -0.1) is 0 Å². The molecule has 0 saturated heterocycles. The van der Waals surface area contributed by atoms with E-state index in [-0.39, 0.29) is 5.56 Å². The zero-order valence-electron chi connectivity index (χ0n) is 14.9. The second kappa shape index (κ2) is 6.20. The van der Waals surface area contributed by atoms with Crippen molar-refractivity contribution in [1.82, 2.24) is 24.1 Å². The lowest BCUT2D eigenvalue weighted by atomic mass is 10.2. The van der Waals surface area contributed by atoms with Gasteiger partial charge in [-0.05, 0) is 39.4 Å². The van der Waals surface area contributed by atoms with E-state index in [2.05, 4.69) is 21.9 Å². The second-order valence-electron chi connectivity index (χ2n) is 6.47. The van der Waals surface area contributed by atoms with Crippen LogP contribution >= 0.6 is 0 Å². The van der Waals surface area contributed by atoms with E-state index in [1.165, 1.54) is 11.3 Å². The average molecular weight is 325 g/mol. The van der Waals surface area contributed by atoms with Gasteiger partial charge in [-0.1, -0.05) is 6.07 Å². The van der Waals surface area contributed by atoms with Crippen molar-refractivity contribution in [3.8, 4) is 0 Å². The first-order chi connectivity index (χ1) is 11.3. The molecule has 0 amide bonds. The molecule has 0 N–H and O–H groups in total. The van der Waals surface area contributed by atoms with Crippen LogP contribution in [-0.2, 0) is 20.1 Å². The smallest absolute Gasteiger partial charge is 0.258 e. The lowest BCUT2D eigenvalue weighted by Crippen LogP contribution is -2.22. The lowest BCUT2D eigenvalue weighted by molar-refractivity contribution is 0.313. The summed E-state index contributed by atoms with van der Waals surface area (Å²) < 4.78 is 3.50. The Bertz CT molecular complexity index is 954. The van der Waals surface area contributed by atoms with Crippen LogP contribution in [0.25, 0.3) is 5.65 Å². The van der Waals surface area contributed by atoms with Crippen molar-refractivity contribution in [1.29, 1.82) is 0 Å². The summed E-state index contributed by atoms with van der Waals surface area (Å²) in [7, 11) is 3.99. The number of aromatic nitrogens is 4. The van der Waals surface area contributed by atoms with Crippen LogP contribution < -0.4 is 5.56 Å². The van der Waals surface area contributed by atoms with Crippen LogP contribution in [0.1, 0.15) is 28.2 Å². The van der Waals surface area contributed by atoms with E-state index < -0.39 is 0 Å². The standard InChI is InChI=1S/C18H23N5O/c1-12-6-7-17-19-15(8-18(24)23(17)9-12)10-21(4)11-16-13(2)20-22(5)14(16)3/h6-9H,10-11H2,1-5H3. The van der Waals surface area contributed by atoms with E-state index >= 15 is 0 Å². The number of pyridine rings is 1. The molecule has 6 nitrogen and oxygen atoms in total. The lowest BCUT2D eigenvalue weighted by Gasteiger charge is -2.17. The predicted octanol–water partition coefficient (Wildman–Crippen LogP) is 1.99. The van der Waals surface area contributed by atoms with Gasteiger partial charge in [0.2, 0.25) is 0 Å².